The first-order chi connectivity index (χ1) is 20.0. The van der Waals surface area contributed by atoms with Gasteiger partial charge in [-0.25, -0.2) is 4.98 Å². The van der Waals surface area contributed by atoms with Crippen LogP contribution in [0.1, 0.15) is 36.8 Å². The first kappa shape index (κ1) is 31.8. The van der Waals surface area contributed by atoms with Crippen LogP contribution in [0.15, 0.2) is 36.8 Å². The fourth-order valence-corrected chi connectivity index (χ4v) is 4.49. The number of amides is 1. The molecule has 2 heterocycles. The SMILES string of the molecule is O=C(N[C@H]1CC[C@H](Nc2nc(Nc3cc(C(F)(F)F)cc(C(F)(F)F)c3)ncc2-c2cnn(CCO)c2)CC1)C(F)(F)F. The Morgan fingerprint density at radius 1 is 0.907 bits per heavy atom. The molecule has 0 aliphatic heterocycles. The van der Waals surface area contributed by atoms with Crippen LogP contribution in [-0.2, 0) is 23.7 Å². The van der Waals surface area contributed by atoms with Crippen molar-refractivity contribution in [3.05, 3.63) is 47.9 Å². The van der Waals surface area contributed by atoms with Gasteiger partial charge < -0.3 is 21.1 Å². The molecule has 18 heteroatoms. The van der Waals surface area contributed by atoms with Gasteiger partial charge in [0.25, 0.3) is 0 Å². The van der Waals surface area contributed by atoms with Crippen molar-refractivity contribution in [1.82, 2.24) is 25.1 Å². The third-order valence-corrected chi connectivity index (χ3v) is 6.57. The number of aliphatic hydroxyl groups is 1. The fourth-order valence-electron chi connectivity index (χ4n) is 4.49. The molecule has 0 saturated heterocycles. The lowest BCUT2D eigenvalue weighted by Gasteiger charge is -2.30. The number of aliphatic hydroxyl groups excluding tert-OH is 1. The van der Waals surface area contributed by atoms with Crippen molar-refractivity contribution in [3.63, 3.8) is 0 Å². The number of nitrogens with one attached hydrogen (secondary N) is 3. The summed E-state index contributed by atoms with van der Waals surface area (Å²) in [5.41, 5.74) is -2.83. The smallest absolute Gasteiger partial charge is 0.394 e. The summed E-state index contributed by atoms with van der Waals surface area (Å²) in [5, 5.41) is 20.7. The van der Waals surface area contributed by atoms with E-state index in [4.69, 9.17) is 0 Å². The third kappa shape index (κ3) is 8.26. The number of carbonyl (C=O) groups is 1. The minimum atomic E-state index is -5.07. The zero-order valence-electron chi connectivity index (χ0n) is 21.9. The Labute approximate surface area is 237 Å². The summed E-state index contributed by atoms with van der Waals surface area (Å²) in [4.78, 5) is 19.6. The van der Waals surface area contributed by atoms with Crippen LogP contribution in [0.2, 0.25) is 0 Å². The second-order valence-corrected chi connectivity index (χ2v) is 9.76. The quantitative estimate of drug-likeness (QED) is 0.244. The maximum Gasteiger partial charge on any atom is 0.471 e. The number of alkyl halides is 9. The predicted octanol–water partition coefficient (Wildman–Crippen LogP) is 5.52. The summed E-state index contributed by atoms with van der Waals surface area (Å²) in [7, 11) is 0. The first-order valence-corrected chi connectivity index (χ1v) is 12.7. The number of rotatable bonds is 8. The van der Waals surface area contributed by atoms with Crippen molar-refractivity contribution in [3.8, 4) is 11.1 Å². The number of carbonyl (C=O) groups excluding carboxylic acids is 1. The van der Waals surface area contributed by atoms with Crippen LogP contribution >= 0.6 is 0 Å². The molecule has 1 saturated carbocycles. The Morgan fingerprint density at radius 2 is 1.51 bits per heavy atom. The lowest BCUT2D eigenvalue weighted by molar-refractivity contribution is -0.174. The van der Waals surface area contributed by atoms with Gasteiger partial charge in [0.05, 0.1) is 30.5 Å². The minimum Gasteiger partial charge on any atom is -0.394 e. The molecule has 9 nitrogen and oxygen atoms in total. The zero-order valence-corrected chi connectivity index (χ0v) is 21.9. The molecular formula is C25H24F9N7O2. The maximum absolute atomic E-state index is 13.3. The van der Waals surface area contributed by atoms with E-state index in [2.05, 4.69) is 25.7 Å². The minimum absolute atomic E-state index is 0.0143. The first-order valence-electron chi connectivity index (χ1n) is 12.7. The number of hydrogen-bond donors (Lipinski definition) is 4. The molecule has 3 aromatic rings. The molecule has 1 amide bonds. The summed E-state index contributed by atoms with van der Waals surface area (Å²) < 4.78 is 119. The molecule has 0 unspecified atom stereocenters. The Kier molecular flexibility index (Phi) is 9.08. The molecule has 43 heavy (non-hydrogen) atoms. The van der Waals surface area contributed by atoms with Gasteiger partial charge in [-0.05, 0) is 43.9 Å². The average molecular weight is 625 g/mol. The van der Waals surface area contributed by atoms with E-state index in [0.29, 0.717) is 36.1 Å². The van der Waals surface area contributed by atoms with E-state index in [9.17, 15) is 49.4 Å². The van der Waals surface area contributed by atoms with Crippen molar-refractivity contribution in [2.75, 3.05) is 17.2 Å². The lowest BCUT2D eigenvalue weighted by atomic mass is 9.91. The molecular weight excluding hydrogens is 601 g/mol. The van der Waals surface area contributed by atoms with Crippen molar-refractivity contribution < 1.29 is 49.4 Å². The monoisotopic (exact) mass is 625 g/mol. The Hall–Kier alpha value is -4.09. The molecule has 0 radical (unpaired) electrons. The van der Waals surface area contributed by atoms with Crippen LogP contribution in [-0.4, -0.2) is 55.6 Å². The van der Waals surface area contributed by atoms with Crippen LogP contribution in [0.25, 0.3) is 11.1 Å². The number of hydrogen-bond acceptors (Lipinski definition) is 7. The standard InChI is InChI=1S/C25H24F9N7O2/c26-23(27,28)14-7-15(24(29,30)31)9-18(8-14)39-22-35-11-19(13-10-36-41(12-13)5-6-42)20(40-22)37-16-1-3-17(4-2-16)38-21(43)25(32,33)34/h7-12,16-17,42H,1-6H2,(H,38,43)(H2,35,37,39,40)/t16-,17-. The van der Waals surface area contributed by atoms with Gasteiger partial charge in [-0.15, -0.1) is 0 Å². The fraction of sp³-hybridized carbons (Fsp3) is 0.440. The van der Waals surface area contributed by atoms with E-state index < -0.39 is 47.3 Å². The van der Waals surface area contributed by atoms with Gasteiger partial charge in [0, 0.05) is 41.3 Å². The van der Waals surface area contributed by atoms with Gasteiger partial charge in [-0.1, -0.05) is 0 Å². The molecule has 4 rings (SSSR count). The Morgan fingerprint density at radius 3 is 2.07 bits per heavy atom. The highest BCUT2D eigenvalue weighted by molar-refractivity contribution is 5.82. The Balaban J connectivity index is 1.61. The summed E-state index contributed by atoms with van der Waals surface area (Å²) >= 11 is 0. The number of halogens is 9. The molecule has 2 aromatic heterocycles. The second kappa shape index (κ2) is 12.3. The summed E-state index contributed by atoms with van der Waals surface area (Å²) in [5.74, 6) is -2.26. The summed E-state index contributed by atoms with van der Waals surface area (Å²) in [6.45, 7) is -0.0510. The van der Waals surface area contributed by atoms with Crippen LogP contribution in [0.4, 0.5) is 57.0 Å². The van der Waals surface area contributed by atoms with Crippen molar-refractivity contribution >= 4 is 23.4 Å². The molecule has 0 atom stereocenters. The average Bonchev–Trinajstić information content (AvgIpc) is 3.37. The van der Waals surface area contributed by atoms with E-state index in [0.717, 1.165) is 0 Å². The van der Waals surface area contributed by atoms with Gasteiger partial charge in [0.15, 0.2) is 0 Å². The van der Waals surface area contributed by atoms with Crippen molar-refractivity contribution in [2.24, 2.45) is 0 Å². The highest BCUT2D eigenvalue weighted by Crippen LogP contribution is 2.38. The highest BCUT2D eigenvalue weighted by atomic mass is 19.4. The van der Waals surface area contributed by atoms with Crippen LogP contribution in [0.3, 0.4) is 0 Å². The highest BCUT2D eigenvalue weighted by Gasteiger charge is 2.40. The molecule has 4 N–H and O–H groups in total. The molecule has 0 bridgehead atoms. The molecule has 1 aliphatic rings. The normalized spacial score (nSPS) is 17.9. The molecule has 1 fully saturated rings. The number of nitrogens with zero attached hydrogens (tertiary/aromatic N) is 4. The second-order valence-electron chi connectivity index (χ2n) is 9.76. The molecule has 0 spiro atoms. The summed E-state index contributed by atoms with van der Waals surface area (Å²) in [6, 6.07) is -0.128. The Bertz CT molecular complexity index is 1400. The van der Waals surface area contributed by atoms with Gasteiger partial charge in [-0.3, -0.25) is 9.48 Å². The maximum atomic E-state index is 13.3. The van der Waals surface area contributed by atoms with Crippen LogP contribution < -0.4 is 16.0 Å². The van der Waals surface area contributed by atoms with Gasteiger partial charge in [0.2, 0.25) is 5.95 Å². The summed E-state index contributed by atoms with van der Waals surface area (Å²) in [6.07, 6.45) is -9.89. The van der Waals surface area contributed by atoms with Crippen LogP contribution in [0.5, 0.6) is 0 Å². The molecule has 234 valence electrons. The zero-order chi connectivity index (χ0) is 31.6. The van der Waals surface area contributed by atoms with E-state index in [-0.39, 0.29) is 49.9 Å². The predicted molar refractivity (Wildman–Crippen MR) is 134 cm³/mol. The number of anilines is 3. The van der Waals surface area contributed by atoms with Crippen molar-refractivity contribution in [2.45, 2.75) is 62.8 Å². The van der Waals surface area contributed by atoms with E-state index in [1.807, 2.05) is 5.32 Å². The molecule has 1 aliphatic carbocycles. The molecule has 1 aromatic carbocycles. The number of aromatic nitrogens is 4. The van der Waals surface area contributed by atoms with Crippen molar-refractivity contribution in [1.29, 1.82) is 0 Å². The third-order valence-electron chi connectivity index (χ3n) is 6.57. The lowest BCUT2D eigenvalue weighted by Crippen LogP contribution is -2.45. The van der Waals surface area contributed by atoms with Crippen LogP contribution in [0, 0.1) is 0 Å². The van der Waals surface area contributed by atoms with E-state index in [1.54, 1.807) is 6.20 Å². The topological polar surface area (TPSA) is 117 Å². The van der Waals surface area contributed by atoms with E-state index in [1.165, 1.54) is 17.1 Å². The van der Waals surface area contributed by atoms with E-state index >= 15 is 0 Å². The van der Waals surface area contributed by atoms with Gasteiger partial charge in [-0.2, -0.15) is 49.6 Å². The van der Waals surface area contributed by atoms with Gasteiger partial charge >= 0.3 is 24.4 Å². The largest absolute Gasteiger partial charge is 0.471 e. The number of benzene rings is 1. The van der Waals surface area contributed by atoms with Gasteiger partial charge in [0.1, 0.15) is 5.82 Å².